The topological polar surface area (TPSA) is 38.0 Å². The third kappa shape index (κ3) is 2.71. The molecule has 0 spiro atoms. The Labute approximate surface area is 104 Å². The molecule has 0 aromatic carbocycles. The Morgan fingerprint density at radius 3 is 2.65 bits per heavy atom. The lowest BCUT2D eigenvalue weighted by molar-refractivity contribution is 0.0748. The molecule has 1 aliphatic carbocycles. The zero-order valence-corrected chi connectivity index (χ0v) is 11.2. The van der Waals surface area contributed by atoms with E-state index in [0.29, 0.717) is 5.92 Å². The van der Waals surface area contributed by atoms with Gasteiger partial charge >= 0.3 is 0 Å². The second kappa shape index (κ2) is 5.21. The Balaban J connectivity index is 2.10. The molecule has 96 valence electrons. The second-order valence-corrected chi connectivity index (χ2v) is 5.52. The molecule has 3 nitrogen and oxygen atoms in total. The van der Waals surface area contributed by atoms with Gasteiger partial charge in [-0.2, -0.15) is 5.10 Å². The fourth-order valence-electron chi connectivity index (χ4n) is 2.93. The summed E-state index contributed by atoms with van der Waals surface area (Å²) >= 11 is 0. The van der Waals surface area contributed by atoms with Gasteiger partial charge in [0.05, 0.1) is 11.8 Å². The molecule has 1 aromatic rings. The summed E-state index contributed by atoms with van der Waals surface area (Å²) in [7, 11) is 1.93. The number of nitrogens with zero attached hydrogens (tertiary/aromatic N) is 2. The lowest BCUT2D eigenvalue weighted by Gasteiger charge is -2.29. The van der Waals surface area contributed by atoms with Crippen molar-refractivity contribution in [3.63, 3.8) is 0 Å². The summed E-state index contributed by atoms with van der Waals surface area (Å²) in [5, 5.41) is 14.9. The molecule has 3 heteroatoms. The SMILES string of the molecule is CCc1nn(C)cc1C(O)C1CCC(C)CC1. The quantitative estimate of drug-likeness (QED) is 0.876. The van der Waals surface area contributed by atoms with Crippen LogP contribution < -0.4 is 0 Å². The molecule has 0 amide bonds. The predicted octanol–water partition coefficient (Wildman–Crippen LogP) is 2.84. The van der Waals surface area contributed by atoms with Crippen molar-refractivity contribution < 1.29 is 5.11 Å². The maximum absolute atomic E-state index is 10.5. The van der Waals surface area contributed by atoms with Crippen molar-refractivity contribution in [2.45, 2.75) is 52.1 Å². The molecule has 1 saturated carbocycles. The van der Waals surface area contributed by atoms with E-state index in [9.17, 15) is 5.11 Å². The summed E-state index contributed by atoms with van der Waals surface area (Å²) in [5.41, 5.74) is 2.10. The van der Waals surface area contributed by atoms with Crippen molar-refractivity contribution in [1.29, 1.82) is 0 Å². The lowest BCUT2D eigenvalue weighted by atomic mass is 9.78. The average Bonchev–Trinajstić information content (AvgIpc) is 2.70. The van der Waals surface area contributed by atoms with Crippen LogP contribution in [0.2, 0.25) is 0 Å². The van der Waals surface area contributed by atoms with Crippen LogP contribution in [0, 0.1) is 11.8 Å². The fraction of sp³-hybridized carbons (Fsp3) is 0.786. The van der Waals surface area contributed by atoms with Gasteiger partial charge in [0.25, 0.3) is 0 Å². The van der Waals surface area contributed by atoms with Crippen molar-refractivity contribution in [2.75, 3.05) is 0 Å². The molecule has 0 aliphatic heterocycles. The van der Waals surface area contributed by atoms with Crippen molar-refractivity contribution in [1.82, 2.24) is 9.78 Å². The van der Waals surface area contributed by atoms with E-state index in [1.54, 1.807) is 0 Å². The van der Waals surface area contributed by atoms with Gasteiger partial charge in [-0.3, -0.25) is 4.68 Å². The van der Waals surface area contributed by atoms with Gasteiger partial charge in [-0.15, -0.1) is 0 Å². The van der Waals surface area contributed by atoms with Crippen LogP contribution in [0.3, 0.4) is 0 Å². The minimum Gasteiger partial charge on any atom is -0.388 e. The smallest absolute Gasteiger partial charge is 0.0851 e. The zero-order valence-electron chi connectivity index (χ0n) is 11.2. The van der Waals surface area contributed by atoms with Gasteiger partial charge in [0, 0.05) is 18.8 Å². The lowest BCUT2D eigenvalue weighted by Crippen LogP contribution is -2.19. The number of aromatic nitrogens is 2. The molecule has 0 saturated heterocycles. The number of rotatable bonds is 3. The number of aliphatic hydroxyl groups is 1. The van der Waals surface area contributed by atoms with Crippen molar-refractivity contribution in [2.24, 2.45) is 18.9 Å². The molecule has 1 fully saturated rings. The van der Waals surface area contributed by atoms with Crippen LogP contribution in [0.15, 0.2) is 6.20 Å². The monoisotopic (exact) mass is 236 g/mol. The molecule has 17 heavy (non-hydrogen) atoms. The van der Waals surface area contributed by atoms with Crippen LogP contribution in [0.4, 0.5) is 0 Å². The van der Waals surface area contributed by atoms with Gasteiger partial charge in [-0.05, 0) is 31.1 Å². The predicted molar refractivity (Wildman–Crippen MR) is 68.7 cm³/mol. The van der Waals surface area contributed by atoms with Crippen molar-refractivity contribution in [3.05, 3.63) is 17.5 Å². The first-order chi connectivity index (χ1) is 8.11. The summed E-state index contributed by atoms with van der Waals surface area (Å²) in [4.78, 5) is 0. The molecule has 1 aromatic heterocycles. The maximum atomic E-state index is 10.5. The van der Waals surface area contributed by atoms with Crippen molar-refractivity contribution in [3.8, 4) is 0 Å². The Morgan fingerprint density at radius 1 is 1.41 bits per heavy atom. The van der Waals surface area contributed by atoms with Crippen molar-refractivity contribution >= 4 is 0 Å². The van der Waals surface area contributed by atoms with Crippen LogP contribution in [-0.2, 0) is 13.5 Å². The van der Waals surface area contributed by atoms with Gasteiger partial charge in [-0.25, -0.2) is 0 Å². The molecule has 1 heterocycles. The van der Waals surface area contributed by atoms with Crippen LogP contribution in [0.1, 0.15) is 56.9 Å². The van der Waals surface area contributed by atoms with Gasteiger partial charge < -0.3 is 5.11 Å². The first-order valence-corrected chi connectivity index (χ1v) is 6.82. The Bertz CT molecular complexity index is 364. The Kier molecular flexibility index (Phi) is 3.87. The number of aryl methyl sites for hydroxylation is 2. The summed E-state index contributed by atoms with van der Waals surface area (Å²) in [6.07, 6.45) is 7.39. The van der Waals surface area contributed by atoms with Crippen LogP contribution in [0.25, 0.3) is 0 Å². The normalized spacial score (nSPS) is 27.1. The molecule has 2 rings (SSSR count). The minimum absolute atomic E-state index is 0.314. The Hall–Kier alpha value is -0.830. The van der Waals surface area contributed by atoms with Gasteiger partial charge in [0.2, 0.25) is 0 Å². The van der Waals surface area contributed by atoms with Gasteiger partial charge in [0.15, 0.2) is 0 Å². The van der Waals surface area contributed by atoms with E-state index in [-0.39, 0.29) is 6.10 Å². The van der Waals surface area contributed by atoms with Gasteiger partial charge in [0.1, 0.15) is 0 Å². The third-order valence-electron chi connectivity index (χ3n) is 4.10. The van der Waals surface area contributed by atoms with Crippen LogP contribution in [-0.4, -0.2) is 14.9 Å². The molecular formula is C14H24N2O. The van der Waals surface area contributed by atoms with E-state index in [2.05, 4.69) is 18.9 Å². The van der Waals surface area contributed by atoms with E-state index >= 15 is 0 Å². The summed E-state index contributed by atoms with van der Waals surface area (Å²) in [6, 6.07) is 0. The van der Waals surface area contributed by atoms with E-state index in [1.165, 1.54) is 12.8 Å². The number of aliphatic hydroxyl groups excluding tert-OH is 1. The van der Waals surface area contributed by atoms with E-state index in [4.69, 9.17) is 0 Å². The fourth-order valence-corrected chi connectivity index (χ4v) is 2.93. The standard InChI is InChI=1S/C14H24N2O/c1-4-13-12(9-16(3)15-13)14(17)11-7-5-10(2)6-8-11/h9-11,14,17H,4-8H2,1-3H3. The van der Waals surface area contributed by atoms with E-state index in [1.807, 2.05) is 17.9 Å². The highest BCUT2D eigenvalue weighted by Crippen LogP contribution is 2.37. The molecule has 1 aliphatic rings. The molecule has 0 bridgehead atoms. The first kappa shape index (κ1) is 12.6. The molecular weight excluding hydrogens is 212 g/mol. The highest BCUT2D eigenvalue weighted by molar-refractivity contribution is 5.20. The van der Waals surface area contributed by atoms with Crippen LogP contribution >= 0.6 is 0 Å². The largest absolute Gasteiger partial charge is 0.388 e. The highest BCUT2D eigenvalue weighted by atomic mass is 16.3. The third-order valence-corrected chi connectivity index (χ3v) is 4.10. The summed E-state index contributed by atoms with van der Waals surface area (Å²) in [6.45, 7) is 4.41. The van der Waals surface area contributed by atoms with Crippen LogP contribution in [0.5, 0.6) is 0 Å². The second-order valence-electron chi connectivity index (χ2n) is 5.52. The number of hydrogen-bond acceptors (Lipinski definition) is 2. The molecule has 1 unspecified atom stereocenters. The maximum Gasteiger partial charge on any atom is 0.0851 e. The zero-order chi connectivity index (χ0) is 12.4. The van der Waals surface area contributed by atoms with Gasteiger partial charge in [-0.1, -0.05) is 26.7 Å². The summed E-state index contributed by atoms with van der Waals surface area (Å²) in [5.74, 6) is 1.26. The first-order valence-electron chi connectivity index (χ1n) is 6.82. The Morgan fingerprint density at radius 2 is 2.06 bits per heavy atom. The van der Waals surface area contributed by atoms with E-state index in [0.717, 1.165) is 36.4 Å². The molecule has 0 radical (unpaired) electrons. The highest BCUT2D eigenvalue weighted by Gasteiger charge is 2.28. The minimum atomic E-state index is -0.314. The number of hydrogen-bond donors (Lipinski definition) is 1. The van der Waals surface area contributed by atoms with E-state index < -0.39 is 0 Å². The molecule has 1 N–H and O–H groups in total. The summed E-state index contributed by atoms with van der Waals surface area (Å²) < 4.78 is 1.82. The molecule has 1 atom stereocenters. The average molecular weight is 236 g/mol.